The number of aromatic hydroxyl groups is 1. The summed E-state index contributed by atoms with van der Waals surface area (Å²) < 4.78 is 21.3. The molecular formula is C24H25F2N5O. The highest BCUT2D eigenvalue weighted by Crippen LogP contribution is 2.39. The highest BCUT2D eigenvalue weighted by atomic mass is 19.1. The smallest absolute Gasteiger partial charge is 0.215 e. The Balaban J connectivity index is 0.000000340. The van der Waals surface area contributed by atoms with Crippen molar-refractivity contribution in [3.05, 3.63) is 84.2 Å². The largest absolute Gasteiger partial charge is 0.505 e. The van der Waals surface area contributed by atoms with Crippen molar-refractivity contribution < 1.29 is 13.9 Å². The molecule has 0 saturated carbocycles. The summed E-state index contributed by atoms with van der Waals surface area (Å²) in [6, 6.07) is 16.8. The highest BCUT2D eigenvalue weighted by Gasteiger charge is 2.10. The number of hydrogen-bond acceptors (Lipinski definition) is 6. The molecule has 2 N–H and O–H groups in total. The zero-order chi connectivity index (χ0) is 23.5. The van der Waals surface area contributed by atoms with Crippen LogP contribution in [-0.4, -0.2) is 29.3 Å². The first-order chi connectivity index (χ1) is 15.5. The Labute approximate surface area is 185 Å². The second-order valence-corrected chi connectivity index (χ2v) is 6.65. The van der Waals surface area contributed by atoms with Crippen molar-refractivity contribution in [3.63, 3.8) is 0 Å². The zero-order valence-corrected chi connectivity index (χ0v) is 18.3. The van der Waals surface area contributed by atoms with E-state index < -0.39 is 5.95 Å². The topological polar surface area (TPSA) is 82.8 Å². The van der Waals surface area contributed by atoms with Crippen molar-refractivity contribution in [2.24, 2.45) is 10.2 Å². The number of anilines is 1. The fraction of sp³-hybridized carbons (Fsp3) is 0.167. The van der Waals surface area contributed by atoms with Crippen LogP contribution in [0.3, 0.4) is 0 Å². The van der Waals surface area contributed by atoms with E-state index in [1.165, 1.54) is 12.3 Å². The lowest BCUT2D eigenvalue weighted by Crippen LogP contribution is -1.88. The predicted molar refractivity (Wildman–Crippen MR) is 124 cm³/mol. The van der Waals surface area contributed by atoms with E-state index in [-0.39, 0.29) is 5.75 Å². The number of benzene rings is 3. The van der Waals surface area contributed by atoms with Gasteiger partial charge < -0.3 is 10.4 Å². The van der Waals surface area contributed by atoms with Crippen molar-refractivity contribution >= 4 is 27.8 Å². The van der Waals surface area contributed by atoms with Gasteiger partial charge in [0.05, 0.1) is 12.9 Å². The molecule has 0 bridgehead atoms. The summed E-state index contributed by atoms with van der Waals surface area (Å²) in [5.74, 6) is -0.325. The first kappa shape index (κ1) is 24.3. The Bertz CT molecular complexity index is 1180. The van der Waals surface area contributed by atoms with Crippen LogP contribution >= 0.6 is 0 Å². The number of fused-ring (bicyclic) bond motifs is 1. The third-order valence-electron chi connectivity index (χ3n) is 4.38. The van der Waals surface area contributed by atoms with Crippen LogP contribution in [0.5, 0.6) is 5.75 Å². The van der Waals surface area contributed by atoms with Gasteiger partial charge in [-0.1, -0.05) is 12.1 Å². The Hall–Kier alpha value is -3.94. The lowest BCUT2D eigenvalue weighted by molar-refractivity contribution is 0.482. The number of azo groups is 1. The third kappa shape index (κ3) is 6.53. The Morgan fingerprint density at radius 3 is 2.34 bits per heavy atom. The normalized spacial score (nSPS) is 10.2. The van der Waals surface area contributed by atoms with Crippen LogP contribution in [0.4, 0.5) is 25.8 Å². The molecule has 8 heteroatoms. The molecule has 0 radical (unpaired) electrons. The number of alkyl halides is 1. The molecule has 0 aliphatic rings. The summed E-state index contributed by atoms with van der Waals surface area (Å²) in [5.41, 5.74) is 4.30. The maximum atomic E-state index is 11.8. The fourth-order valence-corrected chi connectivity index (χ4v) is 2.87. The second-order valence-electron chi connectivity index (χ2n) is 6.65. The zero-order valence-electron chi connectivity index (χ0n) is 18.3. The summed E-state index contributed by atoms with van der Waals surface area (Å²) in [6.45, 7) is 3.94. The van der Waals surface area contributed by atoms with Crippen LogP contribution in [0.15, 0.2) is 77.3 Å². The first-order valence-corrected chi connectivity index (χ1v) is 9.69. The number of halogens is 2. The van der Waals surface area contributed by atoms with Crippen molar-refractivity contribution in [2.45, 2.75) is 13.8 Å². The number of nitrogens with one attached hydrogen (secondary N) is 1. The minimum Gasteiger partial charge on any atom is -0.505 e. The van der Waals surface area contributed by atoms with E-state index in [0.717, 1.165) is 39.6 Å². The average Bonchev–Trinajstić information content (AvgIpc) is 2.81. The van der Waals surface area contributed by atoms with E-state index in [4.69, 9.17) is 0 Å². The van der Waals surface area contributed by atoms with Crippen molar-refractivity contribution in [3.8, 4) is 5.75 Å². The molecule has 0 atom stereocenters. The molecule has 4 aromatic rings. The minimum absolute atomic E-state index is 0.166. The molecule has 0 unspecified atom stereocenters. The van der Waals surface area contributed by atoms with Crippen LogP contribution in [0.25, 0.3) is 10.8 Å². The highest BCUT2D eigenvalue weighted by molar-refractivity contribution is 5.95. The molecule has 1 heterocycles. The molecule has 0 spiro atoms. The molecule has 0 saturated heterocycles. The molecule has 166 valence electrons. The van der Waals surface area contributed by atoms with Gasteiger partial charge in [-0.3, -0.25) is 4.39 Å². The number of phenols is 1. The molecule has 0 fully saturated rings. The van der Waals surface area contributed by atoms with Crippen LogP contribution in [0.1, 0.15) is 11.1 Å². The molecule has 0 aliphatic carbocycles. The van der Waals surface area contributed by atoms with Gasteiger partial charge in [-0.05, 0) is 66.8 Å². The van der Waals surface area contributed by atoms with Gasteiger partial charge in [-0.25, -0.2) is 9.97 Å². The van der Waals surface area contributed by atoms with Crippen LogP contribution in [-0.2, 0) is 0 Å². The number of rotatable bonds is 3. The lowest BCUT2D eigenvalue weighted by atomic mass is 10.0. The average molecular weight is 437 g/mol. The summed E-state index contributed by atoms with van der Waals surface area (Å²) >= 11 is 0. The predicted octanol–water partition coefficient (Wildman–Crippen LogP) is 6.82. The summed E-state index contributed by atoms with van der Waals surface area (Å²) in [7, 11) is 2.37. The maximum absolute atomic E-state index is 11.8. The van der Waals surface area contributed by atoms with E-state index >= 15 is 0 Å². The van der Waals surface area contributed by atoms with Gasteiger partial charge in [0, 0.05) is 30.4 Å². The van der Waals surface area contributed by atoms with Crippen LogP contribution in [0.2, 0.25) is 0 Å². The lowest BCUT2D eigenvalue weighted by Gasteiger charge is -2.09. The number of aromatic nitrogens is 2. The fourth-order valence-electron chi connectivity index (χ4n) is 2.87. The number of hydrogen-bond donors (Lipinski definition) is 2. The van der Waals surface area contributed by atoms with E-state index in [0.29, 0.717) is 12.9 Å². The van der Waals surface area contributed by atoms with E-state index in [2.05, 4.69) is 25.5 Å². The summed E-state index contributed by atoms with van der Waals surface area (Å²) in [5, 5.41) is 23.9. The molecule has 3 aromatic carbocycles. The van der Waals surface area contributed by atoms with Crippen molar-refractivity contribution in [1.82, 2.24) is 9.97 Å². The van der Waals surface area contributed by atoms with Crippen molar-refractivity contribution in [2.75, 3.05) is 19.5 Å². The molecule has 1 aromatic heterocycles. The summed E-state index contributed by atoms with van der Waals surface area (Å²) in [6.07, 6.45) is 2.51. The maximum Gasteiger partial charge on any atom is 0.215 e. The minimum atomic E-state index is -0.491. The molecular weight excluding hydrogens is 412 g/mol. The number of phenolic OH excluding ortho intramolecular Hbond substituents is 1. The first-order valence-electron chi connectivity index (χ1n) is 9.69. The van der Waals surface area contributed by atoms with Gasteiger partial charge in [-0.2, -0.15) is 9.50 Å². The third-order valence-corrected chi connectivity index (χ3v) is 4.38. The van der Waals surface area contributed by atoms with E-state index in [1.54, 1.807) is 0 Å². The number of aryl methyl sites for hydroxylation is 2. The standard InChI is InChI=1S/C19H19N3O.C4H3FN2.CH3F/c1-12-5-4-6-16(9-12)21-22-18-13(2)10-14-11-15(20-3)7-8-17(14)19(18)23;5-4-1-2-6-3-7-4;1-2/h4-11,20,23H,1-3H3;1-3H;1H3. The molecule has 6 nitrogen and oxygen atoms in total. The number of nitrogens with zero attached hydrogens (tertiary/aromatic N) is 4. The van der Waals surface area contributed by atoms with E-state index in [1.807, 2.05) is 69.4 Å². The Morgan fingerprint density at radius 1 is 0.969 bits per heavy atom. The molecule has 4 rings (SSSR count). The molecule has 0 aliphatic heterocycles. The van der Waals surface area contributed by atoms with Gasteiger partial charge in [0.1, 0.15) is 12.0 Å². The second kappa shape index (κ2) is 12.0. The summed E-state index contributed by atoms with van der Waals surface area (Å²) in [4.78, 5) is 6.70. The van der Waals surface area contributed by atoms with Gasteiger partial charge in [0.25, 0.3) is 0 Å². The molecule has 32 heavy (non-hydrogen) atoms. The van der Waals surface area contributed by atoms with E-state index in [9.17, 15) is 13.9 Å². The molecule has 0 amide bonds. The monoisotopic (exact) mass is 437 g/mol. The Kier molecular flexibility index (Phi) is 9.16. The SMILES string of the molecule is CF.CNc1ccc2c(O)c(N=Nc3cccc(C)c3)c(C)cc2c1.Fc1ccncn1. The van der Waals surface area contributed by atoms with Gasteiger partial charge in [0.15, 0.2) is 5.75 Å². The van der Waals surface area contributed by atoms with Gasteiger partial charge >= 0.3 is 0 Å². The van der Waals surface area contributed by atoms with Crippen LogP contribution in [0, 0.1) is 19.8 Å². The van der Waals surface area contributed by atoms with Gasteiger partial charge in [0.2, 0.25) is 5.95 Å². The van der Waals surface area contributed by atoms with Crippen LogP contribution < -0.4 is 5.32 Å². The quantitative estimate of drug-likeness (QED) is 0.272. The van der Waals surface area contributed by atoms with Crippen molar-refractivity contribution in [1.29, 1.82) is 0 Å². The van der Waals surface area contributed by atoms with Gasteiger partial charge in [-0.15, -0.1) is 5.11 Å². The Morgan fingerprint density at radius 2 is 1.75 bits per heavy atom.